The summed E-state index contributed by atoms with van der Waals surface area (Å²) in [7, 11) is 0. The molecule has 0 heterocycles. The summed E-state index contributed by atoms with van der Waals surface area (Å²) in [5, 5.41) is 0. The van der Waals surface area contributed by atoms with Crippen LogP contribution in [0.25, 0.3) is 0 Å². The first-order chi connectivity index (χ1) is 11.3. The largest absolute Gasteiger partial charge is 0.494 e. The van der Waals surface area contributed by atoms with Gasteiger partial charge in [-0.1, -0.05) is 90.7 Å². The molecule has 0 aromatic heterocycles. The first-order valence-corrected chi connectivity index (χ1v) is 10.0. The third kappa shape index (κ3) is 9.69. The van der Waals surface area contributed by atoms with Crippen molar-refractivity contribution in [3.8, 4) is 5.75 Å². The Labute approximate surface area is 144 Å². The number of ether oxygens (including phenoxy) is 1. The Bertz CT molecular complexity index is 368. The zero-order valence-electron chi connectivity index (χ0n) is 15.8. The van der Waals surface area contributed by atoms with Gasteiger partial charge in [0.15, 0.2) is 0 Å². The lowest BCUT2D eigenvalue weighted by atomic mass is 9.95. The lowest BCUT2D eigenvalue weighted by Gasteiger charge is -2.13. The maximum Gasteiger partial charge on any atom is 0.119 e. The Balaban J connectivity index is 2.17. The SMILES string of the molecule is CCCCCCCCOc1ccc(C(C)CCCCCC)cc1. The van der Waals surface area contributed by atoms with Crippen molar-refractivity contribution < 1.29 is 4.74 Å². The molecule has 0 radical (unpaired) electrons. The fourth-order valence-corrected chi connectivity index (χ4v) is 3.01. The molecule has 0 bridgehead atoms. The summed E-state index contributed by atoms with van der Waals surface area (Å²) in [6, 6.07) is 8.80. The lowest BCUT2D eigenvalue weighted by molar-refractivity contribution is 0.304. The molecule has 1 heteroatoms. The zero-order valence-corrected chi connectivity index (χ0v) is 15.8. The maximum atomic E-state index is 5.86. The van der Waals surface area contributed by atoms with E-state index in [1.807, 2.05) is 0 Å². The van der Waals surface area contributed by atoms with Crippen molar-refractivity contribution in [1.82, 2.24) is 0 Å². The van der Waals surface area contributed by atoms with Gasteiger partial charge in [-0.15, -0.1) is 0 Å². The van der Waals surface area contributed by atoms with Gasteiger partial charge >= 0.3 is 0 Å². The van der Waals surface area contributed by atoms with Gasteiger partial charge in [0.1, 0.15) is 5.75 Å². The molecule has 0 spiro atoms. The zero-order chi connectivity index (χ0) is 16.8. The molecule has 1 aromatic rings. The molecule has 0 aliphatic heterocycles. The highest BCUT2D eigenvalue weighted by atomic mass is 16.5. The van der Waals surface area contributed by atoms with Crippen molar-refractivity contribution >= 4 is 0 Å². The fourth-order valence-electron chi connectivity index (χ4n) is 3.01. The van der Waals surface area contributed by atoms with Crippen LogP contribution in [0.3, 0.4) is 0 Å². The van der Waals surface area contributed by atoms with E-state index in [1.165, 1.54) is 76.2 Å². The molecule has 0 saturated heterocycles. The van der Waals surface area contributed by atoms with Crippen LogP contribution in [-0.4, -0.2) is 6.61 Å². The predicted octanol–water partition coefficient (Wildman–Crippen LogP) is 7.50. The number of benzene rings is 1. The topological polar surface area (TPSA) is 9.23 Å². The summed E-state index contributed by atoms with van der Waals surface area (Å²) in [6.07, 6.45) is 14.6. The number of hydrogen-bond donors (Lipinski definition) is 0. The van der Waals surface area contributed by atoms with E-state index in [0.717, 1.165) is 12.4 Å². The molecular weight excluding hydrogens is 280 g/mol. The molecule has 0 amide bonds. The van der Waals surface area contributed by atoms with Crippen LogP contribution in [0, 0.1) is 0 Å². The lowest BCUT2D eigenvalue weighted by Crippen LogP contribution is -1.98. The van der Waals surface area contributed by atoms with Gasteiger partial charge in [0.05, 0.1) is 6.61 Å². The smallest absolute Gasteiger partial charge is 0.119 e. The van der Waals surface area contributed by atoms with E-state index < -0.39 is 0 Å². The maximum absolute atomic E-state index is 5.86. The summed E-state index contributed by atoms with van der Waals surface area (Å²) in [4.78, 5) is 0. The van der Waals surface area contributed by atoms with E-state index >= 15 is 0 Å². The van der Waals surface area contributed by atoms with Crippen LogP contribution in [0.2, 0.25) is 0 Å². The predicted molar refractivity (Wildman–Crippen MR) is 102 cm³/mol. The molecule has 1 nitrogen and oxygen atoms in total. The van der Waals surface area contributed by atoms with Crippen molar-refractivity contribution in [2.75, 3.05) is 6.61 Å². The van der Waals surface area contributed by atoms with Crippen molar-refractivity contribution in [2.45, 2.75) is 97.3 Å². The van der Waals surface area contributed by atoms with Crippen LogP contribution in [0.1, 0.15) is 103 Å². The van der Waals surface area contributed by atoms with E-state index in [4.69, 9.17) is 4.74 Å². The molecule has 0 saturated carbocycles. The standard InChI is InChI=1S/C22H38O/c1-4-6-8-10-11-13-19-23-22-17-15-21(16-18-22)20(3)14-12-9-7-5-2/h15-18,20H,4-14,19H2,1-3H3. The monoisotopic (exact) mass is 318 g/mol. The van der Waals surface area contributed by atoms with E-state index in [-0.39, 0.29) is 0 Å². The Morgan fingerprint density at radius 2 is 1.30 bits per heavy atom. The highest BCUT2D eigenvalue weighted by molar-refractivity contribution is 5.29. The van der Waals surface area contributed by atoms with Gasteiger partial charge in [0.25, 0.3) is 0 Å². The van der Waals surface area contributed by atoms with E-state index in [1.54, 1.807) is 0 Å². The highest BCUT2D eigenvalue weighted by Gasteiger charge is 2.05. The highest BCUT2D eigenvalue weighted by Crippen LogP contribution is 2.24. The van der Waals surface area contributed by atoms with Gasteiger partial charge in [-0.2, -0.15) is 0 Å². The average molecular weight is 319 g/mol. The molecular formula is C22H38O. The second kappa shape index (κ2) is 13.5. The second-order valence-electron chi connectivity index (χ2n) is 6.94. The molecule has 0 fully saturated rings. The van der Waals surface area contributed by atoms with E-state index in [0.29, 0.717) is 5.92 Å². The Morgan fingerprint density at radius 3 is 1.96 bits per heavy atom. The van der Waals surface area contributed by atoms with Gasteiger partial charge in [-0.05, 0) is 36.5 Å². The Hall–Kier alpha value is -0.980. The summed E-state index contributed by atoms with van der Waals surface area (Å²) in [5.41, 5.74) is 1.45. The van der Waals surface area contributed by atoms with Gasteiger partial charge in [0, 0.05) is 0 Å². The van der Waals surface area contributed by atoms with Gasteiger partial charge in [-0.3, -0.25) is 0 Å². The van der Waals surface area contributed by atoms with Gasteiger partial charge in [-0.25, -0.2) is 0 Å². The molecule has 1 unspecified atom stereocenters. The molecule has 23 heavy (non-hydrogen) atoms. The molecule has 1 atom stereocenters. The van der Waals surface area contributed by atoms with Crippen LogP contribution in [0.4, 0.5) is 0 Å². The van der Waals surface area contributed by atoms with Crippen molar-refractivity contribution in [2.24, 2.45) is 0 Å². The van der Waals surface area contributed by atoms with Gasteiger partial charge < -0.3 is 4.74 Å². The minimum atomic E-state index is 0.666. The third-order valence-electron chi connectivity index (χ3n) is 4.71. The number of hydrogen-bond acceptors (Lipinski definition) is 1. The first kappa shape index (κ1) is 20.1. The van der Waals surface area contributed by atoms with E-state index in [9.17, 15) is 0 Å². The molecule has 0 aliphatic carbocycles. The van der Waals surface area contributed by atoms with Crippen LogP contribution in [0.15, 0.2) is 24.3 Å². The first-order valence-electron chi connectivity index (χ1n) is 10.0. The molecule has 132 valence electrons. The normalized spacial score (nSPS) is 12.3. The van der Waals surface area contributed by atoms with Crippen LogP contribution in [-0.2, 0) is 0 Å². The van der Waals surface area contributed by atoms with Crippen LogP contribution in [0.5, 0.6) is 5.75 Å². The minimum absolute atomic E-state index is 0.666. The van der Waals surface area contributed by atoms with Crippen LogP contribution < -0.4 is 4.74 Å². The minimum Gasteiger partial charge on any atom is -0.494 e. The van der Waals surface area contributed by atoms with Crippen molar-refractivity contribution in [3.63, 3.8) is 0 Å². The summed E-state index contributed by atoms with van der Waals surface area (Å²) < 4.78 is 5.86. The molecule has 0 N–H and O–H groups in total. The van der Waals surface area contributed by atoms with Crippen LogP contribution >= 0.6 is 0 Å². The quantitative estimate of drug-likeness (QED) is 0.323. The van der Waals surface area contributed by atoms with E-state index in [2.05, 4.69) is 45.0 Å². The Morgan fingerprint density at radius 1 is 0.739 bits per heavy atom. The Kier molecular flexibility index (Phi) is 11.7. The second-order valence-corrected chi connectivity index (χ2v) is 6.94. The summed E-state index contributed by atoms with van der Waals surface area (Å²) in [6.45, 7) is 7.74. The summed E-state index contributed by atoms with van der Waals surface area (Å²) in [5.74, 6) is 1.69. The average Bonchev–Trinajstić information content (AvgIpc) is 2.58. The number of rotatable bonds is 14. The van der Waals surface area contributed by atoms with Gasteiger partial charge in [0.2, 0.25) is 0 Å². The molecule has 0 aliphatic rings. The number of unbranched alkanes of at least 4 members (excludes halogenated alkanes) is 8. The molecule has 1 aromatic carbocycles. The third-order valence-corrected chi connectivity index (χ3v) is 4.71. The van der Waals surface area contributed by atoms with Crippen molar-refractivity contribution in [3.05, 3.63) is 29.8 Å². The fraction of sp³-hybridized carbons (Fsp3) is 0.727. The molecule has 1 rings (SSSR count). The summed E-state index contributed by atoms with van der Waals surface area (Å²) >= 11 is 0. The van der Waals surface area contributed by atoms with Crippen molar-refractivity contribution in [1.29, 1.82) is 0 Å².